The average molecular weight is 278 g/mol. The Morgan fingerprint density at radius 1 is 1.50 bits per heavy atom. The van der Waals surface area contributed by atoms with Gasteiger partial charge in [-0.3, -0.25) is 0 Å². The molecule has 7 heteroatoms. The van der Waals surface area contributed by atoms with Crippen LogP contribution in [0, 0.1) is 11.3 Å². The van der Waals surface area contributed by atoms with Crippen LogP contribution >= 0.6 is 11.6 Å². The Hall–Kier alpha value is -1.74. The Morgan fingerprint density at radius 3 is 2.50 bits per heavy atom. The van der Waals surface area contributed by atoms with Gasteiger partial charge in [0.15, 0.2) is 0 Å². The van der Waals surface area contributed by atoms with E-state index in [9.17, 15) is 18.0 Å². The molecule has 0 bridgehead atoms. The van der Waals surface area contributed by atoms with Crippen molar-refractivity contribution in [1.29, 1.82) is 5.26 Å². The molecule has 0 aliphatic rings. The number of carbonyl (C=O) groups is 1. The molecule has 0 aliphatic carbocycles. The van der Waals surface area contributed by atoms with Gasteiger partial charge in [-0.1, -0.05) is 0 Å². The smallest absolute Gasteiger partial charge is 0.416 e. The van der Waals surface area contributed by atoms with Crippen molar-refractivity contribution in [2.45, 2.75) is 12.1 Å². The Kier molecular flexibility index (Phi) is 4.19. The molecule has 18 heavy (non-hydrogen) atoms. The zero-order chi connectivity index (χ0) is 13.9. The first kappa shape index (κ1) is 14.3. The van der Waals surface area contributed by atoms with E-state index in [4.69, 9.17) is 16.9 Å². The minimum atomic E-state index is -4.63. The maximum absolute atomic E-state index is 12.7. The van der Waals surface area contributed by atoms with Crippen LogP contribution in [0.4, 0.5) is 13.2 Å². The van der Waals surface area contributed by atoms with Gasteiger partial charge in [0.2, 0.25) is 0 Å². The molecule has 1 aromatic carbocycles. The molecule has 0 heterocycles. The molecule has 0 amide bonds. The summed E-state index contributed by atoms with van der Waals surface area (Å²) in [5.74, 6) is -1.41. The summed E-state index contributed by atoms with van der Waals surface area (Å²) in [4.78, 5) is 11.3. The second-order valence-electron chi connectivity index (χ2n) is 3.25. The number of ether oxygens (including phenoxy) is 1. The fourth-order valence-electron chi connectivity index (χ4n) is 1.46. The highest BCUT2D eigenvalue weighted by molar-refractivity contribution is 6.17. The molecule has 0 spiro atoms. The van der Waals surface area contributed by atoms with E-state index in [1.807, 2.05) is 0 Å². The van der Waals surface area contributed by atoms with Gasteiger partial charge in [-0.05, 0) is 17.7 Å². The maximum atomic E-state index is 12.7. The van der Waals surface area contributed by atoms with Gasteiger partial charge in [-0.25, -0.2) is 4.79 Å². The molecular formula is C11H7ClF3NO2. The van der Waals surface area contributed by atoms with Crippen LogP contribution < -0.4 is 0 Å². The van der Waals surface area contributed by atoms with Crippen LogP contribution in [0.1, 0.15) is 27.0 Å². The third-order valence-electron chi connectivity index (χ3n) is 2.27. The van der Waals surface area contributed by atoms with Crippen LogP contribution in [0.3, 0.4) is 0 Å². The number of halogens is 4. The van der Waals surface area contributed by atoms with E-state index in [2.05, 4.69) is 4.74 Å². The second-order valence-corrected chi connectivity index (χ2v) is 3.52. The van der Waals surface area contributed by atoms with E-state index >= 15 is 0 Å². The van der Waals surface area contributed by atoms with Crippen LogP contribution in [-0.2, 0) is 16.8 Å². The van der Waals surface area contributed by atoms with Gasteiger partial charge in [0.25, 0.3) is 0 Å². The number of nitrogens with zero attached hydrogens (tertiary/aromatic N) is 1. The Balaban J connectivity index is 3.58. The van der Waals surface area contributed by atoms with Crippen LogP contribution in [0.25, 0.3) is 0 Å². The van der Waals surface area contributed by atoms with Gasteiger partial charge in [-0.15, -0.1) is 11.6 Å². The number of esters is 1. The number of hydrogen-bond donors (Lipinski definition) is 0. The number of alkyl halides is 4. The van der Waals surface area contributed by atoms with E-state index < -0.39 is 34.7 Å². The first-order valence-corrected chi connectivity index (χ1v) is 5.17. The zero-order valence-electron chi connectivity index (χ0n) is 9.14. The molecule has 1 aromatic rings. The molecule has 3 nitrogen and oxygen atoms in total. The normalized spacial score (nSPS) is 10.9. The Labute approximate surface area is 106 Å². The van der Waals surface area contributed by atoms with Crippen LogP contribution in [-0.4, -0.2) is 13.1 Å². The molecule has 0 aliphatic heterocycles. The lowest BCUT2D eigenvalue weighted by Gasteiger charge is -2.14. The lowest BCUT2D eigenvalue weighted by molar-refractivity contribution is -0.138. The van der Waals surface area contributed by atoms with E-state index in [-0.39, 0.29) is 5.56 Å². The number of rotatable bonds is 2. The topological polar surface area (TPSA) is 50.1 Å². The molecule has 1 rings (SSSR count). The molecule has 0 radical (unpaired) electrons. The van der Waals surface area contributed by atoms with Crippen molar-refractivity contribution in [1.82, 2.24) is 0 Å². The molecule has 0 aromatic heterocycles. The van der Waals surface area contributed by atoms with Crippen LogP contribution in [0.5, 0.6) is 0 Å². The lowest BCUT2D eigenvalue weighted by Crippen LogP contribution is -2.13. The molecule has 96 valence electrons. The van der Waals surface area contributed by atoms with Crippen molar-refractivity contribution in [3.63, 3.8) is 0 Å². The minimum Gasteiger partial charge on any atom is -0.465 e. The maximum Gasteiger partial charge on any atom is 0.416 e. The van der Waals surface area contributed by atoms with Gasteiger partial charge in [0.1, 0.15) is 6.07 Å². The largest absolute Gasteiger partial charge is 0.465 e. The standard InChI is InChI=1S/C11H7ClF3NO2/c1-18-10(17)6-2-3-9(11(13,14)15)7(4-12)8(6)5-16/h2-3H,4H2,1H3. The molecule has 0 saturated heterocycles. The second kappa shape index (κ2) is 5.27. The Morgan fingerprint density at radius 2 is 2.11 bits per heavy atom. The van der Waals surface area contributed by atoms with Crippen LogP contribution in [0.2, 0.25) is 0 Å². The molecule has 0 saturated carbocycles. The van der Waals surface area contributed by atoms with Gasteiger partial charge in [-0.2, -0.15) is 18.4 Å². The fourth-order valence-corrected chi connectivity index (χ4v) is 1.74. The molecular weight excluding hydrogens is 271 g/mol. The third-order valence-corrected chi connectivity index (χ3v) is 2.54. The van der Waals surface area contributed by atoms with Crippen molar-refractivity contribution >= 4 is 17.6 Å². The summed E-state index contributed by atoms with van der Waals surface area (Å²) in [6, 6.07) is 3.18. The highest BCUT2D eigenvalue weighted by Gasteiger charge is 2.35. The number of benzene rings is 1. The van der Waals surface area contributed by atoms with Crippen molar-refractivity contribution in [2.75, 3.05) is 7.11 Å². The minimum absolute atomic E-state index is 0.233. The summed E-state index contributed by atoms with van der Waals surface area (Å²) in [5.41, 5.74) is -2.09. The van der Waals surface area contributed by atoms with Gasteiger partial charge < -0.3 is 4.74 Å². The van der Waals surface area contributed by atoms with E-state index in [0.717, 1.165) is 13.2 Å². The summed E-state index contributed by atoms with van der Waals surface area (Å²) in [7, 11) is 1.07. The monoisotopic (exact) mass is 277 g/mol. The summed E-state index contributed by atoms with van der Waals surface area (Å²) in [5, 5.41) is 8.88. The Bertz CT molecular complexity index is 520. The SMILES string of the molecule is COC(=O)c1ccc(C(F)(F)F)c(CCl)c1C#N. The van der Waals surface area contributed by atoms with Crippen molar-refractivity contribution in [3.8, 4) is 6.07 Å². The van der Waals surface area contributed by atoms with Crippen molar-refractivity contribution in [2.24, 2.45) is 0 Å². The first-order chi connectivity index (χ1) is 8.36. The summed E-state index contributed by atoms with van der Waals surface area (Å²) < 4.78 is 42.4. The molecule has 0 atom stereocenters. The fraction of sp³-hybridized carbons (Fsp3) is 0.273. The van der Waals surface area contributed by atoms with E-state index in [0.29, 0.717) is 6.07 Å². The first-order valence-electron chi connectivity index (χ1n) is 4.64. The van der Waals surface area contributed by atoms with Crippen molar-refractivity contribution < 1.29 is 22.7 Å². The van der Waals surface area contributed by atoms with Crippen LogP contribution in [0.15, 0.2) is 12.1 Å². The van der Waals surface area contributed by atoms with Crippen molar-refractivity contribution in [3.05, 3.63) is 34.4 Å². The quantitative estimate of drug-likeness (QED) is 0.616. The average Bonchev–Trinajstić information content (AvgIpc) is 2.34. The summed E-state index contributed by atoms with van der Waals surface area (Å²) in [6.07, 6.45) is -4.63. The third kappa shape index (κ3) is 2.57. The molecule has 0 unspecified atom stereocenters. The lowest BCUT2D eigenvalue weighted by atomic mass is 9.97. The molecule has 0 fully saturated rings. The zero-order valence-corrected chi connectivity index (χ0v) is 9.89. The van der Waals surface area contributed by atoms with Gasteiger partial charge in [0, 0.05) is 5.88 Å². The van der Waals surface area contributed by atoms with E-state index in [1.54, 1.807) is 6.07 Å². The predicted molar refractivity (Wildman–Crippen MR) is 57.1 cm³/mol. The van der Waals surface area contributed by atoms with E-state index in [1.165, 1.54) is 0 Å². The highest BCUT2D eigenvalue weighted by Crippen LogP contribution is 2.35. The van der Waals surface area contributed by atoms with Gasteiger partial charge in [0.05, 0.1) is 23.8 Å². The molecule has 0 N–H and O–H groups in total. The summed E-state index contributed by atoms with van der Waals surface area (Å²) in [6.45, 7) is 0. The summed E-state index contributed by atoms with van der Waals surface area (Å²) >= 11 is 5.44. The number of carbonyl (C=O) groups excluding carboxylic acids is 1. The number of methoxy groups -OCH3 is 1. The van der Waals surface area contributed by atoms with Gasteiger partial charge >= 0.3 is 12.1 Å². The number of hydrogen-bond acceptors (Lipinski definition) is 3. The highest BCUT2D eigenvalue weighted by atomic mass is 35.5. The number of nitriles is 1. The predicted octanol–water partition coefficient (Wildman–Crippen LogP) is 3.10.